The molecule has 2 rings (SSSR count). The molecule has 1 aromatic carbocycles. The van der Waals surface area contributed by atoms with E-state index in [0.29, 0.717) is 26.9 Å². The van der Waals surface area contributed by atoms with E-state index < -0.39 is 0 Å². The van der Waals surface area contributed by atoms with Gasteiger partial charge in [-0.05, 0) is 37.6 Å². The SMILES string of the molecule is Cc1nc(SCC(=O)c2ccc(O)c(O)c2)c(C#N)c(C)c1Cl. The number of aromatic hydroxyl groups is 2. The van der Waals surface area contributed by atoms with Gasteiger partial charge in [-0.1, -0.05) is 23.4 Å². The van der Waals surface area contributed by atoms with Crippen molar-refractivity contribution in [3.05, 3.63) is 45.6 Å². The number of aryl methyl sites for hydroxylation is 1. The zero-order chi connectivity index (χ0) is 17.1. The molecule has 0 atom stereocenters. The van der Waals surface area contributed by atoms with Gasteiger partial charge in [0.05, 0.1) is 22.0 Å². The van der Waals surface area contributed by atoms with E-state index in [1.807, 2.05) is 0 Å². The lowest BCUT2D eigenvalue weighted by atomic mass is 10.1. The molecule has 23 heavy (non-hydrogen) atoms. The van der Waals surface area contributed by atoms with Crippen LogP contribution in [-0.4, -0.2) is 26.7 Å². The lowest BCUT2D eigenvalue weighted by Crippen LogP contribution is -2.04. The second kappa shape index (κ2) is 6.90. The van der Waals surface area contributed by atoms with Crippen LogP contribution in [0.1, 0.15) is 27.2 Å². The molecule has 0 bridgehead atoms. The molecule has 0 radical (unpaired) electrons. The van der Waals surface area contributed by atoms with Crippen molar-refractivity contribution in [2.24, 2.45) is 0 Å². The molecule has 0 aliphatic carbocycles. The van der Waals surface area contributed by atoms with Gasteiger partial charge in [0.2, 0.25) is 0 Å². The third-order valence-corrected chi connectivity index (χ3v) is 4.79. The monoisotopic (exact) mass is 348 g/mol. The number of ketones is 1. The van der Waals surface area contributed by atoms with Crippen molar-refractivity contribution < 1.29 is 15.0 Å². The van der Waals surface area contributed by atoms with Crippen LogP contribution in [0, 0.1) is 25.2 Å². The molecule has 2 N–H and O–H groups in total. The van der Waals surface area contributed by atoms with Crippen molar-refractivity contribution in [2.75, 3.05) is 5.75 Å². The number of hydrogen-bond donors (Lipinski definition) is 2. The first-order valence-corrected chi connectivity index (χ1v) is 7.96. The Labute approximate surface area is 142 Å². The van der Waals surface area contributed by atoms with Crippen LogP contribution in [0.2, 0.25) is 5.02 Å². The number of Topliss-reactive ketones (excluding diaryl/α,β-unsaturated/α-hetero) is 1. The second-order valence-electron chi connectivity index (χ2n) is 4.84. The zero-order valence-electron chi connectivity index (χ0n) is 12.4. The molecule has 118 valence electrons. The van der Waals surface area contributed by atoms with Crippen LogP contribution in [0.25, 0.3) is 0 Å². The number of pyridine rings is 1. The summed E-state index contributed by atoms with van der Waals surface area (Å²) >= 11 is 7.22. The van der Waals surface area contributed by atoms with Crippen molar-refractivity contribution in [1.29, 1.82) is 5.26 Å². The van der Waals surface area contributed by atoms with Crippen LogP contribution in [-0.2, 0) is 0 Å². The molecule has 5 nitrogen and oxygen atoms in total. The predicted octanol–water partition coefficient (Wildman–Crippen LogP) is 3.61. The lowest BCUT2D eigenvalue weighted by molar-refractivity contribution is 0.102. The Hall–Kier alpha value is -2.23. The maximum atomic E-state index is 12.2. The van der Waals surface area contributed by atoms with Crippen molar-refractivity contribution in [2.45, 2.75) is 18.9 Å². The van der Waals surface area contributed by atoms with Gasteiger partial charge in [0.1, 0.15) is 11.1 Å². The first-order valence-electron chi connectivity index (χ1n) is 6.60. The van der Waals surface area contributed by atoms with E-state index in [1.165, 1.54) is 18.2 Å². The van der Waals surface area contributed by atoms with Gasteiger partial charge in [0.15, 0.2) is 17.3 Å². The standard InChI is InChI=1S/C16H13ClN2O3S/c1-8-11(6-18)16(19-9(2)15(8)17)23-7-14(22)10-3-4-12(20)13(21)5-10/h3-5,20-21H,7H2,1-2H3. The molecule has 0 spiro atoms. The fourth-order valence-electron chi connectivity index (χ4n) is 1.95. The number of aromatic nitrogens is 1. The van der Waals surface area contributed by atoms with Crippen LogP contribution in [0.3, 0.4) is 0 Å². The number of phenols is 2. The minimum atomic E-state index is -0.352. The summed E-state index contributed by atoms with van der Waals surface area (Å²) in [5.41, 5.74) is 1.86. The van der Waals surface area contributed by atoms with Crippen molar-refractivity contribution in [3.8, 4) is 17.6 Å². The van der Waals surface area contributed by atoms with Crippen LogP contribution < -0.4 is 0 Å². The third kappa shape index (κ3) is 3.58. The molecule has 1 heterocycles. The Morgan fingerprint density at radius 2 is 2.04 bits per heavy atom. The summed E-state index contributed by atoms with van der Waals surface area (Å²) < 4.78 is 0. The third-order valence-electron chi connectivity index (χ3n) is 3.25. The fourth-order valence-corrected chi connectivity index (χ4v) is 3.06. The molecule has 0 aliphatic rings. The highest BCUT2D eigenvalue weighted by molar-refractivity contribution is 8.00. The van der Waals surface area contributed by atoms with Gasteiger partial charge in [-0.3, -0.25) is 4.79 Å². The summed E-state index contributed by atoms with van der Waals surface area (Å²) in [6.45, 7) is 3.47. The molecule has 0 aliphatic heterocycles. The van der Waals surface area contributed by atoms with Crippen molar-refractivity contribution >= 4 is 29.1 Å². The number of benzene rings is 1. The van der Waals surface area contributed by atoms with Gasteiger partial charge in [0.25, 0.3) is 0 Å². The Bertz CT molecular complexity index is 831. The maximum Gasteiger partial charge on any atom is 0.173 e. The summed E-state index contributed by atoms with van der Waals surface area (Å²) in [7, 11) is 0. The largest absolute Gasteiger partial charge is 0.504 e. The smallest absolute Gasteiger partial charge is 0.173 e. The first-order chi connectivity index (χ1) is 10.8. The number of nitriles is 1. The van der Waals surface area contributed by atoms with E-state index in [-0.39, 0.29) is 28.6 Å². The zero-order valence-corrected chi connectivity index (χ0v) is 14.0. The number of nitrogens with zero attached hydrogens (tertiary/aromatic N) is 2. The normalized spacial score (nSPS) is 10.3. The number of rotatable bonds is 4. The van der Waals surface area contributed by atoms with Gasteiger partial charge in [-0.15, -0.1) is 0 Å². The van der Waals surface area contributed by atoms with Gasteiger partial charge in [0, 0.05) is 5.56 Å². The number of hydrogen-bond acceptors (Lipinski definition) is 6. The van der Waals surface area contributed by atoms with Crippen LogP contribution in [0.15, 0.2) is 23.2 Å². The topological polar surface area (TPSA) is 94.2 Å². The molecular weight excluding hydrogens is 336 g/mol. The molecule has 0 saturated heterocycles. The average Bonchev–Trinajstić information content (AvgIpc) is 2.53. The highest BCUT2D eigenvalue weighted by Crippen LogP contribution is 2.30. The minimum Gasteiger partial charge on any atom is -0.504 e. The number of halogens is 1. The lowest BCUT2D eigenvalue weighted by Gasteiger charge is -2.09. The minimum absolute atomic E-state index is 0.0480. The molecule has 0 saturated carbocycles. The van der Waals surface area contributed by atoms with E-state index in [0.717, 1.165) is 11.8 Å². The maximum absolute atomic E-state index is 12.2. The molecule has 0 fully saturated rings. The molecule has 2 aromatic rings. The van der Waals surface area contributed by atoms with Crippen LogP contribution >= 0.6 is 23.4 Å². The van der Waals surface area contributed by atoms with E-state index in [4.69, 9.17) is 11.6 Å². The average molecular weight is 349 g/mol. The first kappa shape index (κ1) is 17.1. The number of carbonyl (C=O) groups is 1. The quantitative estimate of drug-likeness (QED) is 0.498. The molecule has 1 aromatic heterocycles. The summed E-state index contributed by atoms with van der Waals surface area (Å²) in [4.78, 5) is 16.4. The Morgan fingerprint density at radius 1 is 1.35 bits per heavy atom. The number of thioether (sulfide) groups is 1. The number of phenolic OH excluding ortho intramolecular Hbond substituents is 2. The van der Waals surface area contributed by atoms with Crippen LogP contribution in [0.4, 0.5) is 0 Å². The van der Waals surface area contributed by atoms with Crippen molar-refractivity contribution in [1.82, 2.24) is 4.98 Å². The number of carbonyl (C=O) groups excluding carboxylic acids is 1. The molecular formula is C16H13ClN2O3S. The molecule has 0 unspecified atom stereocenters. The summed E-state index contributed by atoms with van der Waals surface area (Å²) in [6.07, 6.45) is 0. The van der Waals surface area contributed by atoms with E-state index in [2.05, 4.69) is 11.1 Å². The van der Waals surface area contributed by atoms with Gasteiger partial charge in [-0.2, -0.15) is 5.26 Å². The molecule has 0 amide bonds. The summed E-state index contributed by atoms with van der Waals surface area (Å²) in [6, 6.07) is 5.94. The Balaban J connectivity index is 2.22. The Kier molecular flexibility index (Phi) is 5.14. The van der Waals surface area contributed by atoms with Gasteiger partial charge in [-0.25, -0.2) is 4.98 Å². The fraction of sp³-hybridized carbons (Fsp3) is 0.188. The summed E-state index contributed by atoms with van der Waals surface area (Å²) in [5, 5.41) is 28.9. The highest BCUT2D eigenvalue weighted by atomic mass is 35.5. The van der Waals surface area contributed by atoms with Gasteiger partial charge >= 0.3 is 0 Å². The van der Waals surface area contributed by atoms with E-state index in [9.17, 15) is 20.3 Å². The molecule has 7 heteroatoms. The van der Waals surface area contributed by atoms with Gasteiger partial charge < -0.3 is 10.2 Å². The van der Waals surface area contributed by atoms with E-state index >= 15 is 0 Å². The van der Waals surface area contributed by atoms with Crippen LogP contribution in [0.5, 0.6) is 11.5 Å². The second-order valence-corrected chi connectivity index (χ2v) is 6.19. The van der Waals surface area contributed by atoms with E-state index in [1.54, 1.807) is 13.8 Å². The summed E-state index contributed by atoms with van der Waals surface area (Å²) in [5.74, 6) is -0.838. The van der Waals surface area contributed by atoms with Crippen molar-refractivity contribution in [3.63, 3.8) is 0 Å². The predicted molar refractivity (Wildman–Crippen MR) is 88.3 cm³/mol. The Morgan fingerprint density at radius 3 is 2.65 bits per heavy atom. The highest BCUT2D eigenvalue weighted by Gasteiger charge is 2.16.